The maximum atomic E-state index is 5.53. The first kappa shape index (κ1) is 8.56. The van der Waals surface area contributed by atoms with Gasteiger partial charge in [-0.2, -0.15) is 0 Å². The van der Waals surface area contributed by atoms with Crippen molar-refractivity contribution >= 4 is 0 Å². The third-order valence-corrected chi connectivity index (χ3v) is 1.84. The van der Waals surface area contributed by atoms with E-state index in [0.29, 0.717) is 5.76 Å². The number of likely N-dealkylation sites (N-methyl/N-ethyl adjacent to an activating group) is 1. The van der Waals surface area contributed by atoms with E-state index >= 15 is 0 Å². The summed E-state index contributed by atoms with van der Waals surface area (Å²) >= 11 is 0. The topological polar surface area (TPSA) is 21.7 Å². The molecule has 0 amide bonds. The predicted molar refractivity (Wildman–Crippen MR) is 43.1 cm³/mol. The predicted octanol–water partition coefficient (Wildman–Crippen LogP) is 0.823. The summed E-state index contributed by atoms with van der Waals surface area (Å²) in [6.45, 7) is 6.73. The van der Waals surface area contributed by atoms with Crippen molar-refractivity contribution in [2.24, 2.45) is 0 Å². The summed E-state index contributed by atoms with van der Waals surface area (Å²) in [6, 6.07) is 0. The van der Waals surface area contributed by atoms with E-state index in [9.17, 15) is 0 Å². The van der Waals surface area contributed by atoms with Crippen LogP contribution in [0.15, 0.2) is 12.3 Å². The Morgan fingerprint density at radius 2 is 2.36 bits per heavy atom. The van der Waals surface area contributed by atoms with Crippen molar-refractivity contribution in [3.8, 4) is 0 Å². The third kappa shape index (κ3) is 1.73. The molecule has 0 aliphatic carbocycles. The molecule has 1 heterocycles. The van der Waals surface area contributed by atoms with Crippen LogP contribution in [0.4, 0.5) is 0 Å². The van der Waals surface area contributed by atoms with Crippen LogP contribution >= 0.6 is 0 Å². The lowest BCUT2D eigenvalue weighted by Crippen LogP contribution is -2.27. The van der Waals surface area contributed by atoms with E-state index < -0.39 is 0 Å². The molecule has 0 bridgehead atoms. The minimum Gasteiger partial charge on any atom is -0.497 e. The molecule has 2 atom stereocenters. The van der Waals surface area contributed by atoms with Gasteiger partial charge in [-0.3, -0.25) is 4.90 Å². The van der Waals surface area contributed by atoms with Crippen molar-refractivity contribution in [2.75, 3.05) is 20.7 Å². The fraction of sp³-hybridized carbons (Fsp3) is 0.750. The highest BCUT2D eigenvalue weighted by atomic mass is 16.6. The highest BCUT2D eigenvalue weighted by Gasteiger charge is 2.29. The Labute approximate surface area is 67.6 Å². The second kappa shape index (κ2) is 3.24. The van der Waals surface area contributed by atoms with Crippen LogP contribution in [0.25, 0.3) is 0 Å². The first-order valence-electron chi connectivity index (χ1n) is 3.73. The average Bonchev–Trinajstić information content (AvgIpc) is 2.28. The molecule has 0 spiro atoms. The lowest BCUT2D eigenvalue weighted by atomic mass is 10.4. The molecule has 2 unspecified atom stereocenters. The average molecular weight is 157 g/mol. The zero-order valence-electron chi connectivity index (χ0n) is 7.33. The van der Waals surface area contributed by atoms with Crippen molar-refractivity contribution < 1.29 is 9.47 Å². The summed E-state index contributed by atoms with van der Waals surface area (Å²) in [4.78, 5) is 2.08. The van der Waals surface area contributed by atoms with E-state index in [4.69, 9.17) is 9.47 Å². The fourth-order valence-corrected chi connectivity index (χ4v) is 1.29. The van der Waals surface area contributed by atoms with E-state index in [0.717, 1.165) is 6.54 Å². The minimum atomic E-state index is -0.0602. The Bertz CT molecular complexity index is 158. The van der Waals surface area contributed by atoms with Crippen molar-refractivity contribution in [3.63, 3.8) is 0 Å². The summed E-state index contributed by atoms with van der Waals surface area (Å²) in [5, 5.41) is 0. The first-order chi connectivity index (χ1) is 5.15. The number of methoxy groups -OCH3 is 1. The smallest absolute Gasteiger partial charge is 0.168 e. The second-order valence-electron chi connectivity index (χ2n) is 2.91. The summed E-state index contributed by atoms with van der Waals surface area (Å²) in [6.07, 6.45) is 0.215. The fourth-order valence-electron chi connectivity index (χ4n) is 1.29. The largest absolute Gasteiger partial charge is 0.497 e. The molecular weight excluding hydrogens is 142 g/mol. The molecular formula is C8H15NO2. The van der Waals surface area contributed by atoms with Crippen LogP contribution in [-0.2, 0) is 9.47 Å². The van der Waals surface area contributed by atoms with E-state index in [2.05, 4.69) is 11.5 Å². The van der Waals surface area contributed by atoms with Gasteiger partial charge in [0.25, 0.3) is 0 Å². The first-order valence-corrected chi connectivity index (χ1v) is 3.73. The molecule has 0 saturated carbocycles. The van der Waals surface area contributed by atoms with Gasteiger partial charge in [0.1, 0.15) is 5.76 Å². The van der Waals surface area contributed by atoms with Gasteiger partial charge in [-0.25, -0.2) is 0 Å². The van der Waals surface area contributed by atoms with Crippen molar-refractivity contribution in [3.05, 3.63) is 12.3 Å². The molecule has 3 heteroatoms. The molecule has 0 radical (unpaired) electrons. The van der Waals surface area contributed by atoms with E-state index in [1.165, 1.54) is 0 Å². The van der Waals surface area contributed by atoms with Gasteiger partial charge in [-0.15, -0.1) is 0 Å². The molecule has 11 heavy (non-hydrogen) atoms. The molecule has 3 nitrogen and oxygen atoms in total. The molecule has 64 valence electrons. The number of nitrogens with zero attached hydrogens (tertiary/aromatic N) is 1. The van der Waals surface area contributed by atoms with Crippen LogP contribution in [0.1, 0.15) is 6.92 Å². The van der Waals surface area contributed by atoms with Crippen LogP contribution in [0.3, 0.4) is 0 Å². The Morgan fingerprint density at radius 1 is 1.73 bits per heavy atom. The Kier molecular flexibility index (Phi) is 2.52. The van der Waals surface area contributed by atoms with Gasteiger partial charge >= 0.3 is 0 Å². The highest BCUT2D eigenvalue weighted by Crippen LogP contribution is 2.19. The van der Waals surface area contributed by atoms with Crippen molar-refractivity contribution in [2.45, 2.75) is 19.3 Å². The summed E-state index contributed by atoms with van der Waals surface area (Å²) in [5.41, 5.74) is 0. The molecule has 1 aliphatic rings. The molecule has 0 aromatic heterocycles. The third-order valence-electron chi connectivity index (χ3n) is 1.84. The second-order valence-corrected chi connectivity index (χ2v) is 2.91. The van der Waals surface area contributed by atoms with Gasteiger partial charge in [0.15, 0.2) is 6.23 Å². The minimum absolute atomic E-state index is 0.0602. The molecule has 0 aromatic rings. The Morgan fingerprint density at radius 3 is 2.73 bits per heavy atom. The van der Waals surface area contributed by atoms with Crippen LogP contribution in [0, 0.1) is 0 Å². The summed E-state index contributed by atoms with van der Waals surface area (Å²) < 4.78 is 10.5. The van der Waals surface area contributed by atoms with Gasteiger partial charge in [-0.1, -0.05) is 6.58 Å². The SMILES string of the molecule is C=C(OC)C1OC(C)CN1C. The molecule has 1 rings (SSSR count). The number of hydrogen-bond donors (Lipinski definition) is 0. The van der Waals surface area contributed by atoms with Crippen molar-refractivity contribution in [1.29, 1.82) is 0 Å². The Hall–Kier alpha value is -0.540. The standard InChI is InChI=1S/C8H15NO2/c1-6-5-9(3)8(11-6)7(2)10-4/h6,8H,2,5H2,1,3-4H3. The molecule has 1 saturated heterocycles. The molecule has 0 aromatic carbocycles. The zero-order chi connectivity index (χ0) is 8.43. The van der Waals surface area contributed by atoms with Crippen molar-refractivity contribution in [1.82, 2.24) is 4.90 Å². The van der Waals surface area contributed by atoms with Crippen LogP contribution < -0.4 is 0 Å². The number of rotatable bonds is 2. The lowest BCUT2D eigenvalue weighted by Gasteiger charge is -2.18. The molecule has 0 N–H and O–H groups in total. The highest BCUT2D eigenvalue weighted by molar-refractivity contribution is 4.95. The maximum Gasteiger partial charge on any atom is 0.168 e. The van der Waals surface area contributed by atoms with Crippen LogP contribution in [0.2, 0.25) is 0 Å². The maximum absolute atomic E-state index is 5.53. The van der Waals surface area contributed by atoms with E-state index in [1.54, 1.807) is 7.11 Å². The molecule has 1 fully saturated rings. The van der Waals surface area contributed by atoms with E-state index in [-0.39, 0.29) is 12.3 Å². The monoisotopic (exact) mass is 157 g/mol. The zero-order valence-corrected chi connectivity index (χ0v) is 7.33. The Balaban J connectivity index is 2.52. The van der Waals surface area contributed by atoms with E-state index in [1.807, 2.05) is 14.0 Å². The summed E-state index contributed by atoms with van der Waals surface area (Å²) in [7, 11) is 3.61. The van der Waals surface area contributed by atoms with Crippen LogP contribution in [0.5, 0.6) is 0 Å². The van der Waals surface area contributed by atoms with Gasteiger partial charge in [-0.05, 0) is 14.0 Å². The van der Waals surface area contributed by atoms with Gasteiger partial charge in [0.2, 0.25) is 0 Å². The van der Waals surface area contributed by atoms with Gasteiger partial charge in [0.05, 0.1) is 13.2 Å². The number of hydrogen-bond acceptors (Lipinski definition) is 3. The molecule has 1 aliphatic heterocycles. The normalized spacial score (nSPS) is 32.3. The summed E-state index contributed by atoms with van der Waals surface area (Å²) in [5.74, 6) is 0.678. The quantitative estimate of drug-likeness (QED) is 0.554. The lowest BCUT2D eigenvalue weighted by molar-refractivity contribution is 0.00569. The van der Waals surface area contributed by atoms with Crippen LogP contribution in [-0.4, -0.2) is 37.9 Å². The van der Waals surface area contributed by atoms with Gasteiger partial charge in [0, 0.05) is 6.54 Å². The van der Waals surface area contributed by atoms with Gasteiger partial charge < -0.3 is 9.47 Å². The number of ether oxygens (including phenoxy) is 2.